The number of hydrogen-bond acceptors (Lipinski definition) is 4. The Kier molecular flexibility index (Phi) is 4.94. The topological polar surface area (TPSA) is 52.6 Å². The lowest BCUT2D eigenvalue weighted by Gasteiger charge is -2.07. The number of benzene rings is 2. The Hall–Kier alpha value is -3.06. The first-order chi connectivity index (χ1) is 10.5. The molecule has 2 aromatic rings. The second kappa shape index (κ2) is 7.09. The molecule has 4 heteroatoms. The zero-order chi connectivity index (χ0) is 15.9. The molecule has 0 atom stereocenters. The van der Waals surface area contributed by atoms with Gasteiger partial charge in [0.25, 0.3) is 0 Å². The second-order valence-electron chi connectivity index (χ2n) is 4.46. The van der Waals surface area contributed by atoms with E-state index in [0.717, 1.165) is 5.56 Å². The van der Waals surface area contributed by atoms with Crippen molar-refractivity contribution in [2.45, 2.75) is 13.8 Å². The molecule has 0 aliphatic carbocycles. The number of ether oxygens (including phenoxy) is 2. The van der Waals surface area contributed by atoms with E-state index in [1.165, 1.54) is 13.8 Å². The van der Waals surface area contributed by atoms with Gasteiger partial charge in [0.05, 0.1) is 5.56 Å². The van der Waals surface area contributed by atoms with Gasteiger partial charge in [-0.3, -0.25) is 9.59 Å². The highest BCUT2D eigenvalue weighted by atomic mass is 16.5. The van der Waals surface area contributed by atoms with Crippen molar-refractivity contribution in [3.8, 4) is 23.3 Å². The molecule has 0 spiro atoms. The number of hydrogen-bond donors (Lipinski definition) is 0. The van der Waals surface area contributed by atoms with E-state index in [4.69, 9.17) is 9.47 Å². The fourth-order valence-electron chi connectivity index (χ4n) is 1.74. The van der Waals surface area contributed by atoms with Gasteiger partial charge in [0.15, 0.2) is 0 Å². The van der Waals surface area contributed by atoms with Crippen molar-refractivity contribution >= 4 is 11.9 Å². The van der Waals surface area contributed by atoms with Gasteiger partial charge < -0.3 is 9.47 Å². The summed E-state index contributed by atoms with van der Waals surface area (Å²) in [5, 5.41) is 0. The van der Waals surface area contributed by atoms with Crippen molar-refractivity contribution in [3.63, 3.8) is 0 Å². The van der Waals surface area contributed by atoms with Crippen LogP contribution in [0.3, 0.4) is 0 Å². The fraction of sp³-hybridized carbons (Fsp3) is 0.111. The van der Waals surface area contributed by atoms with Crippen LogP contribution in [0.1, 0.15) is 25.0 Å². The van der Waals surface area contributed by atoms with Crippen LogP contribution in [-0.2, 0) is 9.59 Å². The van der Waals surface area contributed by atoms with Crippen LogP contribution in [0.2, 0.25) is 0 Å². The molecule has 0 unspecified atom stereocenters. The molecule has 0 heterocycles. The second-order valence-corrected chi connectivity index (χ2v) is 4.46. The third-order valence-electron chi connectivity index (χ3n) is 2.58. The van der Waals surface area contributed by atoms with Gasteiger partial charge in [0.2, 0.25) is 0 Å². The van der Waals surface area contributed by atoms with E-state index in [1.54, 1.807) is 18.2 Å². The zero-order valence-electron chi connectivity index (χ0n) is 12.3. The number of rotatable bonds is 2. The number of esters is 2. The maximum absolute atomic E-state index is 11.1. The first-order valence-electron chi connectivity index (χ1n) is 6.62. The standard InChI is InChI=1S/C18H14O4/c1-13(19)21-17-10-11-18(22-14(2)20)16(12-17)9-8-15-6-4-3-5-7-15/h3-7,10-12H,1-2H3. The molecule has 0 N–H and O–H groups in total. The summed E-state index contributed by atoms with van der Waals surface area (Å²) in [4.78, 5) is 22.2. The number of carbonyl (C=O) groups is 2. The molecule has 0 saturated heterocycles. The van der Waals surface area contributed by atoms with E-state index in [-0.39, 0.29) is 0 Å². The van der Waals surface area contributed by atoms with E-state index in [1.807, 2.05) is 30.3 Å². The zero-order valence-corrected chi connectivity index (χ0v) is 12.3. The lowest BCUT2D eigenvalue weighted by Crippen LogP contribution is -2.05. The highest BCUT2D eigenvalue weighted by Crippen LogP contribution is 2.24. The van der Waals surface area contributed by atoms with Gasteiger partial charge in [-0.2, -0.15) is 0 Å². The molecule has 0 aromatic heterocycles. The van der Waals surface area contributed by atoms with Gasteiger partial charge >= 0.3 is 11.9 Å². The van der Waals surface area contributed by atoms with Crippen LogP contribution in [0.15, 0.2) is 48.5 Å². The highest BCUT2D eigenvalue weighted by molar-refractivity contribution is 5.72. The molecule has 0 fully saturated rings. The summed E-state index contributed by atoms with van der Waals surface area (Å²) in [5.74, 6) is 5.71. The minimum Gasteiger partial charge on any atom is -0.427 e. The van der Waals surface area contributed by atoms with Crippen LogP contribution in [0.4, 0.5) is 0 Å². The number of carbonyl (C=O) groups excluding carboxylic acids is 2. The van der Waals surface area contributed by atoms with Gasteiger partial charge in [-0.1, -0.05) is 30.0 Å². The molecular weight excluding hydrogens is 280 g/mol. The normalized spacial score (nSPS) is 9.36. The SMILES string of the molecule is CC(=O)Oc1ccc(OC(C)=O)c(C#Cc2ccccc2)c1. The summed E-state index contributed by atoms with van der Waals surface area (Å²) in [6, 6.07) is 14.1. The molecule has 0 radical (unpaired) electrons. The fourth-order valence-corrected chi connectivity index (χ4v) is 1.74. The van der Waals surface area contributed by atoms with Crippen LogP contribution >= 0.6 is 0 Å². The Labute approximate surface area is 128 Å². The molecule has 0 aliphatic heterocycles. The van der Waals surface area contributed by atoms with Crippen molar-refractivity contribution in [3.05, 3.63) is 59.7 Å². The molecule has 0 bridgehead atoms. The van der Waals surface area contributed by atoms with Gasteiger partial charge in [-0.05, 0) is 24.3 Å². The van der Waals surface area contributed by atoms with E-state index in [9.17, 15) is 9.59 Å². The van der Waals surface area contributed by atoms with Crippen molar-refractivity contribution < 1.29 is 19.1 Å². The summed E-state index contributed by atoms with van der Waals surface area (Å²) < 4.78 is 10.1. The molecule has 2 aromatic carbocycles. The van der Waals surface area contributed by atoms with Crippen molar-refractivity contribution in [1.29, 1.82) is 0 Å². The predicted molar refractivity (Wildman–Crippen MR) is 81.5 cm³/mol. The van der Waals surface area contributed by atoms with Crippen LogP contribution in [0.25, 0.3) is 0 Å². The average Bonchev–Trinajstić information content (AvgIpc) is 2.47. The van der Waals surface area contributed by atoms with Gasteiger partial charge in [-0.15, -0.1) is 0 Å². The van der Waals surface area contributed by atoms with Crippen molar-refractivity contribution in [1.82, 2.24) is 0 Å². The summed E-state index contributed by atoms with van der Waals surface area (Å²) in [6.45, 7) is 2.63. The summed E-state index contributed by atoms with van der Waals surface area (Å²) in [7, 11) is 0. The first-order valence-corrected chi connectivity index (χ1v) is 6.62. The molecular formula is C18H14O4. The summed E-state index contributed by atoms with van der Waals surface area (Å²) >= 11 is 0. The van der Waals surface area contributed by atoms with E-state index < -0.39 is 11.9 Å². The minimum absolute atomic E-state index is 0.326. The first kappa shape index (κ1) is 15.3. The molecule has 22 heavy (non-hydrogen) atoms. The van der Waals surface area contributed by atoms with Crippen LogP contribution < -0.4 is 9.47 Å². The lowest BCUT2D eigenvalue weighted by molar-refractivity contribution is -0.133. The van der Waals surface area contributed by atoms with E-state index in [2.05, 4.69) is 11.8 Å². The van der Waals surface area contributed by atoms with Gasteiger partial charge in [-0.25, -0.2) is 0 Å². The molecule has 110 valence electrons. The van der Waals surface area contributed by atoms with Crippen LogP contribution in [-0.4, -0.2) is 11.9 Å². The van der Waals surface area contributed by atoms with Gasteiger partial charge in [0, 0.05) is 25.5 Å². The van der Waals surface area contributed by atoms with Crippen molar-refractivity contribution in [2.75, 3.05) is 0 Å². The maximum atomic E-state index is 11.1. The molecule has 0 aliphatic rings. The summed E-state index contributed by atoms with van der Waals surface area (Å²) in [6.07, 6.45) is 0. The van der Waals surface area contributed by atoms with Crippen molar-refractivity contribution in [2.24, 2.45) is 0 Å². The van der Waals surface area contributed by atoms with Crippen LogP contribution in [0.5, 0.6) is 11.5 Å². The molecule has 0 amide bonds. The average molecular weight is 294 g/mol. The molecule has 0 saturated carbocycles. The Morgan fingerprint density at radius 1 is 0.864 bits per heavy atom. The van der Waals surface area contributed by atoms with E-state index in [0.29, 0.717) is 17.1 Å². The maximum Gasteiger partial charge on any atom is 0.308 e. The summed E-state index contributed by atoms with van der Waals surface area (Å²) in [5.41, 5.74) is 1.30. The lowest BCUT2D eigenvalue weighted by atomic mass is 10.1. The minimum atomic E-state index is -0.442. The monoisotopic (exact) mass is 294 g/mol. The Bertz CT molecular complexity index is 752. The van der Waals surface area contributed by atoms with Gasteiger partial charge in [0.1, 0.15) is 11.5 Å². The highest BCUT2D eigenvalue weighted by Gasteiger charge is 2.08. The Morgan fingerprint density at radius 2 is 1.55 bits per heavy atom. The Morgan fingerprint density at radius 3 is 2.18 bits per heavy atom. The quantitative estimate of drug-likeness (QED) is 0.485. The molecule has 4 nitrogen and oxygen atoms in total. The molecule has 2 rings (SSSR count). The van der Waals surface area contributed by atoms with E-state index >= 15 is 0 Å². The Balaban J connectivity index is 2.38. The predicted octanol–water partition coefficient (Wildman–Crippen LogP) is 2.94. The third kappa shape index (κ3) is 4.50. The smallest absolute Gasteiger partial charge is 0.308 e. The largest absolute Gasteiger partial charge is 0.427 e. The van der Waals surface area contributed by atoms with Crippen LogP contribution in [0, 0.1) is 11.8 Å². The third-order valence-corrected chi connectivity index (χ3v) is 2.58.